The van der Waals surface area contributed by atoms with Crippen LogP contribution in [0.2, 0.25) is 0 Å². The quantitative estimate of drug-likeness (QED) is 0.0591. The van der Waals surface area contributed by atoms with E-state index in [1.165, 1.54) is 24.7 Å². The summed E-state index contributed by atoms with van der Waals surface area (Å²) < 4.78 is 15.8. The van der Waals surface area contributed by atoms with Crippen LogP contribution in [0.15, 0.2) is 200 Å². The molecule has 0 aliphatic heterocycles. The molecular weight excluding hydrogens is 1310 g/mol. The third-order valence-electron chi connectivity index (χ3n) is 8.31. The van der Waals surface area contributed by atoms with E-state index in [4.69, 9.17) is 0 Å². The van der Waals surface area contributed by atoms with Gasteiger partial charge in [0.25, 0.3) is 8.32 Å². The van der Waals surface area contributed by atoms with E-state index < -0.39 is 17.5 Å². The minimum Gasteiger partial charge on any atom is -0.254 e. The van der Waals surface area contributed by atoms with Crippen molar-refractivity contribution < 1.29 is 42.7 Å². The van der Waals surface area contributed by atoms with Crippen LogP contribution in [0, 0.1) is 23.3 Å². The van der Waals surface area contributed by atoms with E-state index in [0.717, 1.165) is 42.9 Å². The average molecular weight is 1360 g/mol. The summed E-state index contributed by atoms with van der Waals surface area (Å²) in [5.74, 6) is 0. The standard InChI is InChI=1S/C18H16OSi.C12H8N2.2C7H5.C4H10O2.2CH3.3BrH.2W/c19-20(16-10-4-1-5-11-16,17-12-6-2-7-13-17)18-14-8-3-9-15-18;1-3-9-5-6-10-4-2-8-14-12(10)11(9)13-7-1;2*1-7-5-3-2-4-6-7;1-5-3-4-6-2;;;;;;;/h1-15,19H;1-8H;2*2-6H;3-4H2,1-2H3;2*1H3;3*1H;;/q;;;;;2*-1;;;;;+3/p-3. The first kappa shape index (κ1) is 53.7. The Balaban J connectivity index is 0.000000277. The van der Waals surface area contributed by atoms with Crippen LogP contribution >= 0.6 is 39.9 Å². The summed E-state index contributed by atoms with van der Waals surface area (Å²) in [7, 11) is -1.94. The predicted molar refractivity (Wildman–Crippen MR) is 265 cm³/mol. The molecule has 317 valence electrons. The molecule has 0 unspecified atom stereocenters. The molecule has 0 atom stereocenters. The Morgan fingerprint density at radius 2 is 0.836 bits per heavy atom. The molecule has 61 heavy (non-hydrogen) atoms. The van der Waals surface area contributed by atoms with Gasteiger partial charge < -0.3 is 29.1 Å². The van der Waals surface area contributed by atoms with Crippen LogP contribution in [-0.4, -0.2) is 50.5 Å². The number of halogens is 3. The normalized spacial score (nSPS) is 10.0. The van der Waals surface area contributed by atoms with Gasteiger partial charge in [0, 0.05) is 37.4 Å². The van der Waals surface area contributed by atoms with E-state index in [0.29, 0.717) is 13.2 Å². The predicted octanol–water partition coefficient (Wildman–Crippen LogP) is 11.2. The van der Waals surface area contributed by atoms with Crippen molar-refractivity contribution in [1.29, 1.82) is 0 Å². The van der Waals surface area contributed by atoms with Gasteiger partial charge in [0.15, 0.2) is 0 Å². The summed E-state index contributed by atoms with van der Waals surface area (Å²) in [5.41, 5.74) is 4.28. The molecule has 6 aromatic carbocycles. The zero-order chi connectivity index (χ0) is 42.2. The van der Waals surface area contributed by atoms with Gasteiger partial charge in [-0.1, -0.05) is 115 Å². The van der Waals surface area contributed by atoms with Crippen molar-refractivity contribution in [2.24, 2.45) is 0 Å². The number of benzene rings is 6. The number of hydrogen-bond acceptors (Lipinski definition) is 5. The fraction of sp³-hybridized carbons (Fsp3) is 0.0800. The van der Waals surface area contributed by atoms with E-state index in [1.807, 2.05) is 164 Å². The molecule has 0 fully saturated rings. The minimum absolute atomic E-state index is 0. The molecule has 0 spiro atoms. The molecule has 0 bridgehead atoms. The minimum atomic E-state index is -2.88. The van der Waals surface area contributed by atoms with Crippen molar-refractivity contribution in [3.05, 3.63) is 226 Å². The zero-order valence-electron chi connectivity index (χ0n) is 34.6. The number of ether oxygens (including phenoxy) is 2. The maximum Gasteiger partial charge on any atom is 0.0964 e. The number of fused-ring (bicyclic) bond motifs is 3. The van der Waals surface area contributed by atoms with Crippen molar-refractivity contribution in [2.75, 3.05) is 27.4 Å². The molecule has 1 N–H and O–H groups in total. The average Bonchev–Trinajstić information content (AvgIpc) is 3.30. The summed E-state index contributed by atoms with van der Waals surface area (Å²) in [5, 5.41) is 5.31. The Labute approximate surface area is 396 Å². The van der Waals surface area contributed by atoms with Crippen LogP contribution in [0.4, 0.5) is 0 Å². The van der Waals surface area contributed by atoms with Gasteiger partial charge in [-0.3, -0.25) is 9.97 Å². The van der Waals surface area contributed by atoms with Crippen LogP contribution in [0.3, 0.4) is 0 Å². The summed E-state index contributed by atoms with van der Waals surface area (Å²) in [6.07, 6.45) is 3.60. The van der Waals surface area contributed by atoms with Gasteiger partial charge in [0.1, 0.15) is 0 Å². The van der Waals surface area contributed by atoms with Crippen molar-refractivity contribution in [2.45, 2.75) is 0 Å². The third-order valence-corrected chi connectivity index (χ3v) is 18.3. The van der Waals surface area contributed by atoms with Crippen molar-refractivity contribution in [3.8, 4) is 8.40 Å². The molecule has 8 aromatic rings. The summed E-state index contributed by atoms with van der Waals surface area (Å²) in [6.45, 7) is 1.38. The van der Waals surface area contributed by atoms with Crippen LogP contribution in [0.5, 0.6) is 0 Å². The molecule has 8 rings (SSSR count). The molecule has 2 aromatic heterocycles. The summed E-state index contributed by atoms with van der Waals surface area (Å²) in [6, 6.07) is 62.3. The van der Waals surface area contributed by atoms with E-state index in [-0.39, 0.29) is 14.9 Å². The Bertz CT molecular complexity index is 2420. The zero-order valence-corrected chi connectivity index (χ0v) is 46.2. The molecule has 0 saturated heterocycles. The fourth-order valence-corrected chi connectivity index (χ4v) is 15.1. The summed E-state index contributed by atoms with van der Waals surface area (Å²) in [4.78, 5) is 20.3. The van der Waals surface area contributed by atoms with E-state index in [9.17, 15) is 4.80 Å². The van der Waals surface area contributed by atoms with Gasteiger partial charge in [-0.15, -0.1) is 0 Å². The van der Waals surface area contributed by atoms with E-state index >= 15 is 0 Å². The Kier molecular flexibility index (Phi) is 26.3. The number of nitrogens with zero attached hydrogens (tertiary/aromatic N) is 2. The topological polar surface area (TPSA) is 64.5 Å². The molecule has 5 nitrogen and oxygen atoms in total. The first-order valence-corrected chi connectivity index (χ1v) is 42.4. The number of rotatable bonds is 6. The smallest absolute Gasteiger partial charge is 0.0964 e. The summed E-state index contributed by atoms with van der Waals surface area (Å²) >= 11 is 12.0. The van der Waals surface area contributed by atoms with Gasteiger partial charge in [-0.25, -0.2) is 0 Å². The SMILES string of the molecule is COCCOC.O[Si](c1ccccc1)(c1ccccc1)c1ccccc1.[Br][W]([Br])([Br])#[C]c1ccccc1.[CH3-].[CH3-].[W]#[C]c1ccccc1.c1cnc2c(c1)ccc1cccnc12. The Morgan fingerprint density at radius 3 is 1.13 bits per heavy atom. The number of methoxy groups -OCH3 is 2. The maximum absolute atomic E-state index is 11.6. The second-order valence-electron chi connectivity index (χ2n) is 12.4. The Morgan fingerprint density at radius 1 is 0.508 bits per heavy atom. The van der Waals surface area contributed by atoms with E-state index in [1.54, 1.807) is 26.6 Å². The van der Waals surface area contributed by atoms with Crippen LogP contribution in [0.25, 0.3) is 21.8 Å². The first-order chi connectivity index (χ1) is 28.7. The second-order valence-corrected chi connectivity index (χ2v) is 65.1. The maximum atomic E-state index is 11.6. The van der Waals surface area contributed by atoms with Crippen molar-refractivity contribution in [3.63, 3.8) is 0 Å². The molecule has 11 heteroatoms. The Hall–Kier alpha value is -3.39. The van der Waals surface area contributed by atoms with E-state index in [2.05, 4.69) is 92.0 Å². The van der Waals surface area contributed by atoms with Crippen LogP contribution in [-0.2, 0) is 37.9 Å². The van der Waals surface area contributed by atoms with Crippen LogP contribution < -0.4 is 15.6 Å². The van der Waals surface area contributed by atoms with Gasteiger partial charge in [-0.2, -0.15) is 0 Å². The van der Waals surface area contributed by atoms with Crippen molar-refractivity contribution in [1.82, 2.24) is 9.97 Å². The van der Waals surface area contributed by atoms with Crippen molar-refractivity contribution >= 4 is 85.6 Å². The molecule has 0 saturated carbocycles. The largest absolute Gasteiger partial charge is 0.254 e. The molecule has 0 radical (unpaired) electrons. The van der Waals surface area contributed by atoms with Gasteiger partial charge in [0.05, 0.1) is 24.2 Å². The monoisotopic (exact) mass is 1360 g/mol. The van der Waals surface area contributed by atoms with Gasteiger partial charge >= 0.3 is 148 Å². The molecule has 0 aliphatic rings. The number of pyridine rings is 2. The molecular formula is C50H50Br3N2O3SiW2-2. The molecule has 2 heterocycles. The fourth-order valence-electron chi connectivity index (χ4n) is 5.53. The molecule has 0 amide bonds. The van der Waals surface area contributed by atoms with Gasteiger partial charge in [0.2, 0.25) is 0 Å². The van der Waals surface area contributed by atoms with Gasteiger partial charge in [-0.05, 0) is 27.7 Å². The number of hydrogen-bond donors (Lipinski definition) is 1. The number of aromatic nitrogens is 2. The third kappa shape index (κ3) is 18.5. The molecule has 0 aliphatic carbocycles. The van der Waals surface area contributed by atoms with Crippen LogP contribution in [0.1, 0.15) is 11.1 Å². The second kappa shape index (κ2) is 29.8. The first-order valence-electron chi connectivity index (χ1n) is 18.3.